The van der Waals surface area contributed by atoms with Gasteiger partial charge in [-0.25, -0.2) is 0 Å². The molecule has 1 N–H and O–H groups in total. The fraction of sp³-hybridized carbons (Fsp3) is 1.00. The van der Waals surface area contributed by atoms with Gasteiger partial charge in [0.15, 0.2) is 0 Å². The third-order valence-corrected chi connectivity index (χ3v) is 5.05. The fourth-order valence-corrected chi connectivity index (χ4v) is 3.39. The van der Waals surface area contributed by atoms with Crippen LogP contribution in [0.25, 0.3) is 0 Å². The maximum atomic E-state index is 11.9. The van der Waals surface area contributed by atoms with Crippen molar-refractivity contribution < 1.29 is 4.65 Å². The molecule has 0 aliphatic carbocycles. The molecule has 0 aliphatic heterocycles. The van der Waals surface area contributed by atoms with Crippen molar-refractivity contribution in [1.29, 1.82) is 0 Å². The standard InChI is InChI=1S/C21H46N2O/c1-5-7-8-9-10-11-12-13-14-15-16-17-18-19-20-22-21(6-2)23(3,4)24/h21-22H,5-20H2,1-4H3. The van der Waals surface area contributed by atoms with Crippen molar-refractivity contribution in [3.8, 4) is 0 Å². The first-order valence-electron chi connectivity index (χ1n) is 10.8. The zero-order chi connectivity index (χ0) is 18.1. The van der Waals surface area contributed by atoms with Crippen LogP contribution in [0.2, 0.25) is 0 Å². The van der Waals surface area contributed by atoms with Crippen LogP contribution in [-0.4, -0.2) is 31.5 Å². The molecule has 0 spiro atoms. The third kappa shape index (κ3) is 15.4. The van der Waals surface area contributed by atoms with Crippen molar-refractivity contribution in [3.63, 3.8) is 0 Å². The van der Waals surface area contributed by atoms with Crippen molar-refractivity contribution in [2.24, 2.45) is 0 Å². The maximum Gasteiger partial charge on any atom is 0.141 e. The summed E-state index contributed by atoms with van der Waals surface area (Å²) in [7, 11) is 3.46. The minimum absolute atomic E-state index is 0.0481. The third-order valence-electron chi connectivity index (χ3n) is 5.05. The van der Waals surface area contributed by atoms with Crippen LogP contribution in [0.15, 0.2) is 0 Å². The highest BCUT2D eigenvalue weighted by atomic mass is 16.5. The molecule has 0 radical (unpaired) electrons. The Bertz CT molecular complexity index is 251. The molecule has 0 aliphatic rings. The van der Waals surface area contributed by atoms with Gasteiger partial charge in [0.25, 0.3) is 0 Å². The number of nitrogens with zero attached hydrogens (tertiary/aromatic N) is 1. The highest BCUT2D eigenvalue weighted by Gasteiger charge is 2.16. The molecule has 146 valence electrons. The molecule has 24 heavy (non-hydrogen) atoms. The van der Waals surface area contributed by atoms with E-state index in [-0.39, 0.29) is 10.8 Å². The number of hydrogen-bond acceptors (Lipinski definition) is 2. The smallest absolute Gasteiger partial charge is 0.141 e. The van der Waals surface area contributed by atoms with Crippen LogP contribution in [0.4, 0.5) is 0 Å². The van der Waals surface area contributed by atoms with Gasteiger partial charge < -0.3 is 9.85 Å². The van der Waals surface area contributed by atoms with Crippen LogP contribution in [-0.2, 0) is 0 Å². The van der Waals surface area contributed by atoms with Gasteiger partial charge in [-0.05, 0) is 6.42 Å². The topological polar surface area (TPSA) is 35.1 Å². The average molecular weight is 343 g/mol. The normalized spacial score (nSPS) is 13.4. The van der Waals surface area contributed by atoms with Crippen LogP contribution < -0.4 is 5.32 Å². The molecule has 3 heteroatoms. The van der Waals surface area contributed by atoms with Crippen molar-refractivity contribution in [1.82, 2.24) is 5.32 Å². The molecular formula is C21H46N2O. The second-order valence-electron chi connectivity index (χ2n) is 7.91. The van der Waals surface area contributed by atoms with Crippen LogP contribution in [0.5, 0.6) is 0 Å². The first kappa shape index (κ1) is 23.9. The van der Waals surface area contributed by atoms with Gasteiger partial charge in [0.2, 0.25) is 0 Å². The van der Waals surface area contributed by atoms with Crippen molar-refractivity contribution in [2.75, 3.05) is 20.6 Å². The first-order chi connectivity index (χ1) is 11.5. The molecule has 3 nitrogen and oxygen atoms in total. The second-order valence-corrected chi connectivity index (χ2v) is 7.91. The number of rotatable bonds is 18. The Morgan fingerprint density at radius 1 is 0.667 bits per heavy atom. The first-order valence-corrected chi connectivity index (χ1v) is 10.8. The highest BCUT2D eigenvalue weighted by molar-refractivity contribution is 4.56. The van der Waals surface area contributed by atoms with Gasteiger partial charge in [-0.3, -0.25) is 5.32 Å². The van der Waals surface area contributed by atoms with E-state index < -0.39 is 0 Å². The van der Waals surface area contributed by atoms with E-state index in [2.05, 4.69) is 19.2 Å². The van der Waals surface area contributed by atoms with Crippen molar-refractivity contribution in [2.45, 2.75) is 116 Å². The molecular weight excluding hydrogens is 296 g/mol. The monoisotopic (exact) mass is 342 g/mol. The summed E-state index contributed by atoms with van der Waals surface area (Å²) < 4.78 is -0.227. The second kappa shape index (κ2) is 16.4. The van der Waals surface area contributed by atoms with Crippen LogP contribution in [0, 0.1) is 5.21 Å². The van der Waals surface area contributed by atoms with E-state index in [1.165, 1.54) is 89.9 Å². The lowest BCUT2D eigenvalue weighted by Crippen LogP contribution is -2.52. The van der Waals surface area contributed by atoms with Gasteiger partial charge in [0.1, 0.15) is 6.17 Å². The quantitative estimate of drug-likeness (QED) is 0.136. The van der Waals surface area contributed by atoms with Gasteiger partial charge in [-0.15, -0.1) is 0 Å². The van der Waals surface area contributed by atoms with E-state index in [1.54, 1.807) is 14.1 Å². The highest BCUT2D eigenvalue weighted by Crippen LogP contribution is 2.13. The lowest BCUT2D eigenvalue weighted by atomic mass is 10.0. The Morgan fingerprint density at radius 2 is 1.04 bits per heavy atom. The summed E-state index contributed by atoms with van der Waals surface area (Å²) in [5.41, 5.74) is 0. The van der Waals surface area contributed by atoms with E-state index in [0.29, 0.717) is 0 Å². The Balaban J connectivity index is 3.20. The molecule has 1 unspecified atom stereocenters. The largest absolute Gasteiger partial charge is 0.632 e. The van der Waals surface area contributed by atoms with Crippen LogP contribution >= 0.6 is 0 Å². The minimum Gasteiger partial charge on any atom is -0.632 e. The summed E-state index contributed by atoms with van der Waals surface area (Å²) in [6.45, 7) is 5.35. The summed E-state index contributed by atoms with van der Waals surface area (Å²) in [5, 5.41) is 15.3. The number of unbranched alkanes of at least 4 members (excludes halogenated alkanes) is 13. The Labute approximate surface area is 152 Å². The molecule has 0 heterocycles. The zero-order valence-electron chi connectivity index (χ0n) is 17.2. The number of hydrogen-bond donors (Lipinski definition) is 1. The van der Waals surface area contributed by atoms with Crippen LogP contribution in [0.3, 0.4) is 0 Å². The predicted octanol–water partition coefficient (Wildman–Crippen LogP) is 6.37. The van der Waals surface area contributed by atoms with E-state index in [0.717, 1.165) is 13.0 Å². The SMILES string of the molecule is CCCCCCCCCCCCCCCCNC(CC)[N+](C)(C)[O-]. The van der Waals surface area contributed by atoms with E-state index >= 15 is 0 Å². The Morgan fingerprint density at radius 3 is 1.38 bits per heavy atom. The van der Waals surface area contributed by atoms with Crippen molar-refractivity contribution >= 4 is 0 Å². The number of quaternary nitrogens is 1. The molecule has 0 rings (SSSR count). The van der Waals surface area contributed by atoms with Gasteiger partial charge in [-0.2, -0.15) is 0 Å². The molecule has 0 saturated carbocycles. The van der Waals surface area contributed by atoms with E-state index in [4.69, 9.17) is 0 Å². The Kier molecular flexibility index (Phi) is 16.3. The summed E-state index contributed by atoms with van der Waals surface area (Å²) >= 11 is 0. The van der Waals surface area contributed by atoms with E-state index in [1.807, 2.05) is 0 Å². The minimum atomic E-state index is -0.227. The molecule has 0 aromatic rings. The lowest BCUT2D eigenvalue weighted by molar-refractivity contribution is -0.870. The Hall–Kier alpha value is -0.120. The van der Waals surface area contributed by atoms with E-state index in [9.17, 15) is 5.21 Å². The van der Waals surface area contributed by atoms with Gasteiger partial charge in [-0.1, -0.05) is 97.3 Å². The number of nitrogens with one attached hydrogen (secondary N) is 1. The molecule has 0 saturated heterocycles. The van der Waals surface area contributed by atoms with Gasteiger partial charge in [0.05, 0.1) is 14.1 Å². The molecule has 0 amide bonds. The summed E-state index contributed by atoms with van der Waals surface area (Å²) in [6.07, 6.45) is 20.4. The molecule has 0 aromatic heterocycles. The summed E-state index contributed by atoms with van der Waals surface area (Å²) in [4.78, 5) is 0. The molecule has 1 atom stereocenters. The van der Waals surface area contributed by atoms with Gasteiger partial charge >= 0.3 is 0 Å². The van der Waals surface area contributed by atoms with Crippen LogP contribution in [0.1, 0.15) is 110 Å². The molecule has 0 bridgehead atoms. The summed E-state index contributed by atoms with van der Waals surface area (Å²) in [6, 6.07) is 0. The lowest BCUT2D eigenvalue weighted by Gasteiger charge is -2.41. The molecule has 0 fully saturated rings. The zero-order valence-corrected chi connectivity index (χ0v) is 17.2. The van der Waals surface area contributed by atoms with Gasteiger partial charge in [0, 0.05) is 13.0 Å². The summed E-state index contributed by atoms with van der Waals surface area (Å²) in [5.74, 6) is 0. The molecule has 0 aromatic carbocycles. The number of hydroxylamine groups is 3. The van der Waals surface area contributed by atoms with Crippen molar-refractivity contribution in [3.05, 3.63) is 5.21 Å². The fourth-order valence-electron chi connectivity index (χ4n) is 3.39. The maximum absolute atomic E-state index is 11.9. The average Bonchev–Trinajstić information content (AvgIpc) is 2.53. The predicted molar refractivity (Wildman–Crippen MR) is 108 cm³/mol.